The highest BCUT2D eigenvalue weighted by Crippen LogP contribution is 2.13. The Kier molecular flexibility index (Phi) is 4.00. The molecule has 0 saturated heterocycles. The van der Waals surface area contributed by atoms with Crippen molar-refractivity contribution in [3.05, 3.63) is 11.1 Å². The SMILES string of the molecule is CCC(C)CS(=O)(=O)Cc1cnns1. The number of hydrogen-bond acceptors (Lipinski definition) is 5. The highest BCUT2D eigenvalue weighted by Gasteiger charge is 2.16. The van der Waals surface area contributed by atoms with Crippen molar-refractivity contribution in [2.45, 2.75) is 26.0 Å². The Morgan fingerprint density at radius 1 is 1.57 bits per heavy atom. The van der Waals surface area contributed by atoms with Crippen LogP contribution in [0.5, 0.6) is 0 Å². The first-order chi connectivity index (χ1) is 6.53. The van der Waals surface area contributed by atoms with Crippen LogP contribution in [0.2, 0.25) is 0 Å². The topological polar surface area (TPSA) is 59.9 Å². The molecule has 6 heteroatoms. The Balaban J connectivity index is 2.59. The van der Waals surface area contributed by atoms with Crippen LogP contribution in [-0.4, -0.2) is 23.8 Å². The summed E-state index contributed by atoms with van der Waals surface area (Å²) in [5, 5.41) is 3.61. The molecule has 4 nitrogen and oxygen atoms in total. The Hall–Kier alpha value is -0.490. The molecule has 0 N–H and O–H groups in total. The fourth-order valence-electron chi connectivity index (χ4n) is 1.08. The van der Waals surface area contributed by atoms with Crippen molar-refractivity contribution in [1.29, 1.82) is 0 Å². The molecular weight excluding hydrogens is 220 g/mol. The van der Waals surface area contributed by atoms with Crippen molar-refractivity contribution < 1.29 is 8.42 Å². The van der Waals surface area contributed by atoms with E-state index in [4.69, 9.17) is 0 Å². The van der Waals surface area contributed by atoms with E-state index in [1.807, 2.05) is 13.8 Å². The number of rotatable bonds is 5. The zero-order valence-corrected chi connectivity index (χ0v) is 9.94. The molecule has 0 aliphatic heterocycles. The minimum Gasteiger partial charge on any atom is -0.228 e. The van der Waals surface area contributed by atoms with E-state index in [1.165, 1.54) is 6.20 Å². The summed E-state index contributed by atoms with van der Waals surface area (Å²) in [6, 6.07) is 0. The molecule has 1 aromatic heterocycles. The van der Waals surface area contributed by atoms with E-state index >= 15 is 0 Å². The van der Waals surface area contributed by atoms with Gasteiger partial charge in [0.15, 0.2) is 9.84 Å². The molecule has 0 spiro atoms. The highest BCUT2D eigenvalue weighted by molar-refractivity contribution is 7.90. The summed E-state index contributed by atoms with van der Waals surface area (Å²) in [5.74, 6) is 0.553. The monoisotopic (exact) mass is 234 g/mol. The Labute approximate surface area is 88.4 Å². The lowest BCUT2D eigenvalue weighted by atomic mass is 10.2. The molecule has 0 fully saturated rings. The van der Waals surface area contributed by atoms with Gasteiger partial charge < -0.3 is 0 Å². The molecule has 14 heavy (non-hydrogen) atoms. The van der Waals surface area contributed by atoms with E-state index in [0.717, 1.165) is 18.0 Å². The first-order valence-electron chi connectivity index (χ1n) is 4.50. The van der Waals surface area contributed by atoms with Gasteiger partial charge in [0.25, 0.3) is 0 Å². The van der Waals surface area contributed by atoms with Crippen LogP contribution < -0.4 is 0 Å². The van der Waals surface area contributed by atoms with Crippen molar-refractivity contribution >= 4 is 21.4 Å². The fourth-order valence-corrected chi connectivity index (χ4v) is 3.85. The van der Waals surface area contributed by atoms with E-state index in [1.54, 1.807) is 0 Å². The van der Waals surface area contributed by atoms with E-state index in [2.05, 4.69) is 9.59 Å². The smallest absolute Gasteiger partial charge is 0.155 e. The fraction of sp³-hybridized carbons (Fsp3) is 0.750. The normalized spacial score (nSPS) is 14.1. The zero-order chi connectivity index (χ0) is 10.6. The maximum Gasteiger partial charge on any atom is 0.155 e. The molecule has 0 amide bonds. The van der Waals surface area contributed by atoms with Gasteiger partial charge in [-0.15, -0.1) is 5.10 Å². The standard InChI is InChI=1S/C8H14N2O2S2/c1-3-7(2)5-14(11,12)6-8-4-9-10-13-8/h4,7H,3,5-6H2,1-2H3. The van der Waals surface area contributed by atoms with Gasteiger partial charge in [-0.25, -0.2) is 8.42 Å². The summed E-state index contributed by atoms with van der Waals surface area (Å²) in [7, 11) is -2.99. The van der Waals surface area contributed by atoms with Crippen LogP contribution in [0.4, 0.5) is 0 Å². The van der Waals surface area contributed by atoms with E-state index < -0.39 is 9.84 Å². The van der Waals surface area contributed by atoms with Crippen LogP contribution in [0.25, 0.3) is 0 Å². The summed E-state index contributed by atoms with van der Waals surface area (Å²) in [6.45, 7) is 3.94. The van der Waals surface area contributed by atoms with E-state index in [-0.39, 0.29) is 17.4 Å². The molecule has 1 rings (SSSR count). The van der Waals surface area contributed by atoms with Crippen LogP contribution in [0, 0.1) is 5.92 Å². The Morgan fingerprint density at radius 3 is 2.79 bits per heavy atom. The molecular formula is C8H14N2O2S2. The van der Waals surface area contributed by atoms with Crippen LogP contribution in [-0.2, 0) is 15.6 Å². The molecule has 80 valence electrons. The number of nitrogens with zero attached hydrogens (tertiary/aromatic N) is 2. The van der Waals surface area contributed by atoms with Crippen LogP contribution in [0.1, 0.15) is 25.1 Å². The quantitative estimate of drug-likeness (QED) is 0.774. The van der Waals surface area contributed by atoms with Crippen LogP contribution in [0.15, 0.2) is 6.20 Å². The number of hydrogen-bond donors (Lipinski definition) is 0. The van der Waals surface area contributed by atoms with Gasteiger partial charge in [-0.2, -0.15) is 0 Å². The van der Waals surface area contributed by atoms with Gasteiger partial charge in [-0.1, -0.05) is 24.8 Å². The summed E-state index contributed by atoms with van der Waals surface area (Å²) in [5.41, 5.74) is 0. The second-order valence-electron chi connectivity index (χ2n) is 3.45. The van der Waals surface area contributed by atoms with Crippen LogP contribution >= 0.6 is 11.5 Å². The predicted octanol–water partition coefficient (Wildman–Crippen LogP) is 1.50. The van der Waals surface area contributed by atoms with Gasteiger partial charge in [0.2, 0.25) is 0 Å². The van der Waals surface area contributed by atoms with Crippen molar-refractivity contribution in [2.75, 3.05) is 5.75 Å². The average molecular weight is 234 g/mol. The third kappa shape index (κ3) is 3.71. The molecule has 0 bridgehead atoms. The lowest BCUT2D eigenvalue weighted by Crippen LogP contribution is -2.14. The molecule has 1 aromatic rings. The van der Waals surface area contributed by atoms with Gasteiger partial charge in [-0.3, -0.25) is 0 Å². The summed E-state index contributed by atoms with van der Waals surface area (Å²) in [6.07, 6.45) is 2.40. The average Bonchev–Trinajstić information content (AvgIpc) is 2.54. The van der Waals surface area contributed by atoms with Gasteiger partial charge in [0.05, 0.1) is 22.6 Å². The lowest BCUT2D eigenvalue weighted by molar-refractivity contribution is 0.564. The maximum atomic E-state index is 11.6. The highest BCUT2D eigenvalue weighted by atomic mass is 32.2. The molecule has 0 aliphatic carbocycles. The molecule has 0 saturated carbocycles. The van der Waals surface area contributed by atoms with Crippen molar-refractivity contribution in [1.82, 2.24) is 9.59 Å². The zero-order valence-electron chi connectivity index (χ0n) is 8.30. The van der Waals surface area contributed by atoms with Gasteiger partial charge in [-0.05, 0) is 17.5 Å². The number of sulfone groups is 1. The second-order valence-corrected chi connectivity index (χ2v) is 6.43. The predicted molar refractivity (Wildman–Crippen MR) is 56.9 cm³/mol. The molecule has 0 aromatic carbocycles. The van der Waals surface area contributed by atoms with E-state index in [0.29, 0.717) is 4.88 Å². The lowest BCUT2D eigenvalue weighted by Gasteiger charge is -2.07. The Morgan fingerprint density at radius 2 is 2.29 bits per heavy atom. The summed E-state index contributed by atoms with van der Waals surface area (Å²) >= 11 is 1.14. The summed E-state index contributed by atoms with van der Waals surface area (Å²) < 4.78 is 26.9. The second kappa shape index (κ2) is 4.84. The molecule has 0 radical (unpaired) electrons. The molecule has 1 heterocycles. The van der Waals surface area contributed by atoms with Crippen LogP contribution in [0.3, 0.4) is 0 Å². The van der Waals surface area contributed by atoms with Gasteiger partial charge in [0.1, 0.15) is 0 Å². The maximum absolute atomic E-state index is 11.6. The largest absolute Gasteiger partial charge is 0.228 e. The first kappa shape index (κ1) is 11.6. The molecule has 1 unspecified atom stereocenters. The van der Waals surface area contributed by atoms with Gasteiger partial charge >= 0.3 is 0 Å². The van der Waals surface area contributed by atoms with E-state index in [9.17, 15) is 8.42 Å². The number of aromatic nitrogens is 2. The molecule has 1 atom stereocenters. The first-order valence-corrected chi connectivity index (χ1v) is 7.09. The van der Waals surface area contributed by atoms with Gasteiger partial charge in [0, 0.05) is 0 Å². The Bertz CT molecular complexity index is 359. The van der Waals surface area contributed by atoms with Crippen molar-refractivity contribution in [2.24, 2.45) is 5.92 Å². The minimum atomic E-state index is -2.99. The third-order valence-corrected chi connectivity index (χ3v) is 4.68. The van der Waals surface area contributed by atoms with Crippen molar-refractivity contribution in [3.63, 3.8) is 0 Å². The summed E-state index contributed by atoms with van der Waals surface area (Å²) in [4.78, 5) is 0.716. The third-order valence-electron chi connectivity index (χ3n) is 2.00. The minimum absolute atomic E-state index is 0.0784. The van der Waals surface area contributed by atoms with Crippen molar-refractivity contribution in [3.8, 4) is 0 Å². The molecule has 0 aliphatic rings.